The van der Waals surface area contributed by atoms with Crippen LogP contribution in [0.3, 0.4) is 0 Å². The maximum Gasteiger partial charge on any atom is 0.271 e. The zero-order valence-corrected chi connectivity index (χ0v) is 11.9. The number of ether oxygens (including phenoxy) is 1. The minimum atomic E-state index is -0.364. The summed E-state index contributed by atoms with van der Waals surface area (Å²) < 4.78 is 6.50. The Morgan fingerprint density at radius 3 is 2.90 bits per heavy atom. The van der Waals surface area contributed by atoms with E-state index in [4.69, 9.17) is 4.74 Å². The van der Waals surface area contributed by atoms with Crippen LogP contribution in [0.2, 0.25) is 0 Å². The lowest BCUT2D eigenvalue weighted by Gasteiger charge is -2.09. The zero-order valence-electron chi connectivity index (χ0n) is 11.9. The van der Waals surface area contributed by atoms with E-state index in [1.165, 1.54) is 19.2 Å². The third kappa shape index (κ3) is 3.65. The lowest BCUT2D eigenvalue weighted by atomic mass is 10.2. The molecule has 0 saturated heterocycles. The van der Waals surface area contributed by atoms with Crippen molar-refractivity contribution in [2.45, 2.75) is 13.5 Å². The summed E-state index contributed by atoms with van der Waals surface area (Å²) in [6.45, 7) is 2.64. The van der Waals surface area contributed by atoms with Crippen molar-refractivity contribution in [1.29, 1.82) is 0 Å². The fraction of sp³-hybridized carbons (Fsp3) is 0.286. The fourth-order valence-corrected chi connectivity index (χ4v) is 1.71. The van der Waals surface area contributed by atoms with Gasteiger partial charge < -0.3 is 10.1 Å². The van der Waals surface area contributed by atoms with E-state index in [0.29, 0.717) is 12.5 Å². The predicted molar refractivity (Wildman–Crippen MR) is 76.1 cm³/mol. The van der Waals surface area contributed by atoms with Gasteiger partial charge in [-0.3, -0.25) is 9.59 Å². The maximum absolute atomic E-state index is 12.0. The summed E-state index contributed by atoms with van der Waals surface area (Å²) in [4.78, 5) is 27.3. The van der Waals surface area contributed by atoms with Gasteiger partial charge in [0, 0.05) is 31.4 Å². The van der Waals surface area contributed by atoms with E-state index < -0.39 is 0 Å². The van der Waals surface area contributed by atoms with Gasteiger partial charge >= 0.3 is 0 Å². The fourth-order valence-electron chi connectivity index (χ4n) is 1.71. The molecule has 2 aromatic heterocycles. The number of rotatable bonds is 5. The first-order valence-corrected chi connectivity index (χ1v) is 6.51. The molecule has 7 heteroatoms. The van der Waals surface area contributed by atoms with Crippen LogP contribution >= 0.6 is 0 Å². The predicted octanol–water partition coefficient (Wildman–Crippen LogP) is 0.504. The first-order chi connectivity index (χ1) is 10.1. The Morgan fingerprint density at radius 1 is 1.38 bits per heavy atom. The van der Waals surface area contributed by atoms with Gasteiger partial charge in [0.2, 0.25) is 5.88 Å². The Bertz CT molecular complexity index is 697. The Labute approximate surface area is 121 Å². The van der Waals surface area contributed by atoms with E-state index in [1.807, 2.05) is 13.0 Å². The molecule has 0 aliphatic rings. The smallest absolute Gasteiger partial charge is 0.271 e. The summed E-state index contributed by atoms with van der Waals surface area (Å²) in [7, 11) is 1.49. The second-order valence-corrected chi connectivity index (χ2v) is 4.26. The van der Waals surface area contributed by atoms with Gasteiger partial charge in [-0.2, -0.15) is 5.10 Å². The van der Waals surface area contributed by atoms with E-state index in [9.17, 15) is 9.59 Å². The molecular weight excluding hydrogens is 272 g/mol. The molecule has 0 bridgehead atoms. The molecule has 0 unspecified atom stereocenters. The van der Waals surface area contributed by atoms with Gasteiger partial charge in [0.1, 0.15) is 5.69 Å². The Hall–Kier alpha value is -2.70. The second kappa shape index (κ2) is 6.65. The lowest BCUT2D eigenvalue weighted by Crippen LogP contribution is -2.28. The third-order valence-electron chi connectivity index (χ3n) is 2.76. The highest BCUT2D eigenvalue weighted by Gasteiger charge is 2.10. The number of hydrogen-bond acceptors (Lipinski definition) is 5. The number of amides is 1. The largest absolute Gasteiger partial charge is 0.478 e. The second-order valence-electron chi connectivity index (χ2n) is 4.26. The highest BCUT2D eigenvalue weighted by Crippen LogP contribution is 2.13. The Kier molecular flexibility index (Phi) is 4.65. The first-order valence-electron chi connectivity index (χ1n) is 6.51. The molecular formula is C14H16N4O3. The lowest BCUT2D eigenvalue weighted by molar-refractivity contribution is 0.0943. The number of aromatic nitrogens is 3. The van der Waals surface area contributed by atoms with Gasteiger partial charge in [0.25, 0.3) is 11.5 Å². The summed E-state index contributed by atoms with van der Waals surface area (Å²) in [6.07, 6.45) is 1.63. The SMILES string of the molecule is CCOc1ncccc1CNC(=O)c1ccc(=O)n(C)n1. The minimum absolute atomic E-state index is 0.180. The number of pyridine rings is 1. The standard InChI is InChI=1S/C14H16N4O3/c1-3-21-14-10(5-4-8-15-14)9-16-13(20)11-6-7-12(19)18(2)17-11/h4-8H,3,9H2,1-2H3,(H,16,20). The van der Waals surface area contributed by atoms with Gasteiger partial charge in [0.15, 0.2) is 0 Å². The van der Waals surface area contributed by atoms with Gasteiger partial charge in [-0.25, -0.2) is 9.67 Å². The molecule has 0 aliphatic heterocycles. The number of nitrogens with zero attached hydrogens (tertiary/aromatic N) is 3. The highest BCUT2D eigenvalue weighted by atomic mass is 16.5. The summed E-state index contributed by atoms with van der Waals surface area (Å²) in [6, 6.07) is 6.29. The zero-order chi connectivity index (χ0) is 15.2. The van der Waals surface area contributed by atoms with Crippen LogP contribution in [0.25, 0.3) is 0 Å². The number of nitrogens with one attached hydrogen (secondary N) is 1. The molecule has 21 heavy (non-hydrogen) atoms. The van der Waals surface area contributed by atoms with Crippen molar-refractivity contribution in [3.05, 3.63) is 52.1 Å². The molecule has 0 atom stereocenters. The normalized spacial score (nSPS) is 10.2. The van der Waals surface area contributed by atoms with E-state index >= 15 is 0 Å². The molecule has 0 radical (unpaired) electrons. The Balaban J connectivity index is 2.07. The Morgan fingerprint density at radius 2 is 2.19 bits per heavy atom. The molecule has 1 amide bonds. The molecule has 0 saturated carbocycles. The average molecular weight is 288 g/mol. The monoisotopic (exact) mass is 288 g/mol. The van der Waals surface area contributed by atoms with Crippen LogP contribution in [0.15, 0.2) is 35.3 Å². The van der Waals surface area contributed by atoms with Crippen LogP contribution in [-0.2, 0) is 13.6 Å². The highest BCUT2D eigenvalue weighted by molar-refractivity contribution is 5.91. The van der Waals surface area contributed by atoms with E-state index in [1.54, 1.807) is 12.3 Å². The van der Waals surface area contributed by atoms with Crippen molar-refractivity contribution in [2.75, 3.05) is 6.61 Å². The van der Waals surface area contributed by atoms with E-state index in [0.717, 1.165) is 10.2 Å². The minimum Gasteiger partial charge on any atom is -0.478 e. The topological polar surface area (TPSA) is 86.1 Å². The van der Waals surface area contributed by atoms with Crippen molar-refractivity contribution >= 4 is 5.91 Å². The van der Waals surface area contributed by atoms with Crippen LogP contribution in [-0.4, -0.2) is 27.3 Å². The van der Waals surface area contributed by atoms with E-state index in [-0.39, 0.29) is 23.7 Å². The number of hydrogen-bond donors (Lipinski definition) is 1. The van der Waals surface area contributed by atoms with Crippen LogP contribution < -0.4 is 15.6 Å². The molecule has 2 rings (SSSR count). The molecule has 1 N–H and O–H groups in total. The molecule has 7 nitrogen and oxygen atoms in total. The molecule has 2 heterocycles. The van der Waals surface area contributed by atoms with Crippen LogP contribution in [0, 0.1) is 0 Å². The van der Waals surface area contributed by atoms with Gasteiger partial charge in [0.05, 0.1) is 6.61 Å². The van der Waals surface area contributed by atoms with Gasteiger partial charge in [-0.15, -0.1) is 0 Å². The number of aryl methyl sites for hydroxylation is 1. The molecule has 0 aromatic carbocycles. The summed E-state index contributed by atoms with van der Waals surface area (Å²) in [5, 5.41) is 6.61. The van der Waals surface area contributed by atoms with Crippen LogP contribution in [0.4, 0.5) is 0 Å². The van der Waals surface area contributed by atoms with Crippen molar-refractivity contribution < 1.29 is 9.53 Å². The van der Waals surface area contributed by atoms with Crippen molar-refractivity contribution in [2.24, 2.45) is 7.05 Å². The number of carbonyl (C=O) groups excluding carboxylic acids is 1. The molecule has 0 spiro atoms. The molecule has 0 fully saturated rings. The third-order valence-corrected chi connectivity index (χ3v) is 2.76. The van der Waals surface area contributed by atoms with Crippen molar-refractivity contribution in [3.63, 3.8) is 0 Å². The van der Waals surface area contributed by atoms with Crippen LogP contribution in [0.1, 0.15) is 23.0 Å². The molecule has 0 aliphatic carbocycles. The quantitative estimate of drug-likeness (QED) is 0.866. The average Bonchev–Trinajstić information content (AvgIpc) is 2.49. The summed E-state index contributed by atoms with van der Waals surface area (Å²) in [5.41, 5.74) is 0.689. The van der Waals surface area contributed by atoms with Gasteiger partial charge in [-0.1, -0.05) is 6.07 Å². The van der Waals surface area contributed by atoms with Crippen LogP contribution in [0.5, 0.6) is 5.88 Å². The number of carbonyl (C=O) groups is 1. The summed E-state index contributed by atoms with van der Waals surface area (Å²) in [5.74, 6) is 0.130. The van der Waals surface area contributed by atoms with Crippen molar-refractivity contribution in [3.8, 4) is 5.88 Å². The van der Waals surface area contributed by atoms with Crippen molar-refractivity contribution in [1.82, 2.24) is 20.1 Å². The van der Waals surface area contributed by atoms with E-state index in [2.05, 4.69) is 15.4 Å². The molecule has 2 aromatic rings. The maximum atomic E-state index is 12.0. The summed E-state index contributed by atoms with van der Waals surface area (Å²) >= 11 is 0. The molecule has 110 valence electrons. The van der Waals surface area contributed by atoms with Gasteiger partial charge in [-0.05, 0) is 19.1 Å². The first kappa shape index (κ1) is 14.7.